The van der Waals surface area contributed by atoms with Crippen LogP contribution in [0, 0.1) is 0 Å². The highest BCUT2D eigenvalue weighted by Gasteiger charge is 2.15. The van der Waals surface area contributed by atoms with Crippen molar-refractivity contribution in [2.75, 3.05) is 18.0 Å². The van der Waals surface area contributed by atoms with Gasteiger partial charge in [-0.2, -0.15) is 4.98 Å². The molecule has 0 aliphatic heterocycles. The van der Waals surface area contributed by atoms with Crippen LogP contribution in [-0.4, -0.2) is 21.6 Å². The van der Waals surface area contributed by atoms with Gasteiger partial charge in [-0.1, -0.05) is 29.3 Å². The van der Waals surface area contributed by atoms with E-state index in [1.165, 1.54) is 0 Å². The number of aliphatic hydroxyl groups is 1. The number of aliphatic hydroxyl groups excluding tert-OH is 1. The molecule has 1 atom stereocenters. The Kier molecular flexibility index (Phi) is 5.19. The van der Waals surface area contributed by atoms with Gasteiger partial charge in [0.2, 0.25) is 5.95 Å². The standard InChI is InChI=1S/C13H15Cl2N5O/c14-8-2-1-3-9(15)11(8)10(21)6-18-4-7-5-19-13(17)20-12(7)16/h1-3,5,10,18,21H,4,6H2,(H4,16,17,19,20). The fraction of sp³-hybridized carbons (Fsp3) is 0.231. The number of aromatic nitrogens is 2. The summed E-state index contributed by atoms with van der Waals surface area (Å²) in [4.78, 5) is 7.72. The Morgan fingerprint density at radius 1 is 1.24 bits per heavy atom. The molecule has 2 aromatic rings. The number of rotatable bonds is 5. The average molecular weight is 328 g/mol. The van der Waals surface area contributed by atoms with Crippen molar-refractivity contribution in [3.8, 4) is 0 Å². The second-order valence-corrected chi connectivity index (χ2v) is 5.24. The van der Waals surface area contributed by atoms with Crippen LogP contribution in [0.5, 0.6) is 0 Å². The van der Waals surface area contributed by atoms with Crippen molar-refractivity contribution in [2.45, 2.75) is 12.6 Å². The molecule has 0 amide bonds. The van der Waals surface area contributed by atoms with Crippen molar-refractivity contribution in [2.24, 2.45) is 0 Å². The van der Waals surface area contributed by atoms with Crippen LogP contribution < -0.4 is 16.8 Å². The third kappa shape index (κ3) is 3.95. The van der Waals surface area contributed by atoms with Crippen molar-refractivity contribution >= 4 is 35.0 Å². The molecule has 8 heteroatoms. The van der Waals surface area contributed by atoms with Crippen molar-refractivity contribution in [1.29, 1.82) is 0 Å². The van der Waals surface area contributed by atoms with E-state index in [0.717, 1.165) is 0 Å². The lowest BCUT2D eigenvalue weighted by atomic mass is 10.1. The van der Waals surface area contributed by atoms with Crippen LogP contribution >= 0.6 is 23.2 Å². The Bertz CT molecular complexity index is 618. The van der Waals surface area contributed by atoms with Gasteiger partial charge >= 0.3 is 0 Å². The molecule has 112 valence electrons. The van der Waals surface area contributed by atoms with E-state index in [2.05, 4.69) is 15.3 Å². The SMILES string of the molecule is Nc1ncc(CNCC(O)c2c(Cl)cccc2Cl)c(N)n1. The minimum atomic E-state index is -0.831. The number of nitrogen functional groups attached to an aromatic ring is 2. The molecule has 0 radical (unpaired) electrons. The van der Waals surface area contributed by atoms with Crippen LogP contribution in [0.1, 0.15) is 17.2 Å². The molecule has 0 saturated heterocycles. The predicted octanol–water partition coefficient (Wildman–Crippen LogP) is 1.77. The first-order chi connectivity index (χ1) is 9.99. The maximum absolute atomic E-state index is 10.2. The highest BCUT2D eigenvalue weighted by molar-refractivity contribution is 6.36. The van der Waals surface area contributed by atoms with Gasteiger partial charge in [0.25, 0.3) is 0 Å². The number of nitrogens with two attached hydrogens (primary N) is 2. The lowest BCUT2D eigenvalue weighted by Crippen LogP contribution is -2.22. The molecule has 0 aliphatic carbocycles. The maximum atomic E-state index is 10.2. The lowest BCUT2D eigenvalue weighted by molar-refractivity contribution is 0.174. The maximum Gasteiger partial charge on any atom is 0.221 e. The fourth-order valence-electron chi connectivity index (χ4n) is 1.85. The smallest absolute Gasteiger partial charge is 0.221 e. The second-order valence-electron chi connectivity index (χ2n) is 4.42. The largest absolute Gasteiger partial charge is 0.387 e. The molecule has 1 aromatic heterocycles. The quantitative estimate of drug-likeness (QED) is 0.666. The van der Waals surface area contributed by atoms with Gasteiger partial charge in [-0.3, -0.25) is 0 Å². The molecule has 21 heavy (non-hydrogen) atoms. The first-order valence-corrected chi connectivity index (χ1v) is 6.94. The molecule has 0 bridgehead atoms. The Hall–Kier alpha value is -1.60. The molecule has 6 N–H and O–H groups in total. The van der Waals surface area contributed by atoms with E-state index in [9.17, 15) is 5.11 Å². The summed E-state index contributed by atoms with van der Waals surface area (Å²) < 4.78 is 0. The van der Waals surface area contributed by atoms with E-state index in [1.54, 1.807) is 24.4 Å². The van der Waals surface area contributed by atoms with E-state index in [0.29, 0.717) is 33.5 Å². The van der Waals surface area contributed by atoms with Crippen molar-refractivity contribution in [3.05, 3.63) is 45.6 Å². The molecule has 0 aliphatic rings. The van der Waals surface area contributed by atoms with Crippen LogP contribution in [0.2, 0.25) is 10.0 Å². The van der Waals surface area contributed by atoms with Crippen molar-refractivity contribution < 1.29 is 5.11 Å². The number of hydrogen-bond acceptors (Lipinski definition) is 6. The molecule has 1 heterocycles. The zero-order valence-electron chi connectivity index (χ0n) is 11.1. The zero-order valence-corrected chi connectivity index (χ0v) is 12.6. The van der Waals surface area contributed by atoms with Crippen LogP contribution in [-0.2, 0) is 6.54 Å². The van der Waals surface area contributed by atoms with Crippen LogP contribution in [0.3, 0.4) is 0 Å². The lowest BCUT2D eigenvalue weighted by Gasteiger charge is -2.15. The molecule has 0 spiro atoms. The molecule has 0 saturated carbocycles. The van der Waals surface area contributed by atoms with E-state index in [1.807, 2.05) is 0 Å². The summed E-state index contributed by atoms with van der Waals surface area (Å²) in [6.07, 6.45) is 0.710. The van der Waals surface area contributed by atoms with Gasteiger partial charge in [0.05, 0.1) is 6.10 Å². The van der Waals surface area contributed by atoms with Gasteiger partial charge in [0.1, 0.15) is 5.82 Å². The summed E-state index contributed by atoms with van der Waals surface area (Å²) >= 11 is 12.1. The average Bonchev–Trinajstić information content (AvgIpc) is 2.41. The van der Waals surface area contributed by atoms with Crippen LogP contribution in [0.25, 0.3) is 0 Å². The summed E-state index contributed by atoms with van der Waals surface area (Å²) in [6, 6.07) is 5.08. The summed E-state index contributed by atoms with van der Waals surface area (Å²) in [7, 11) is 0. The molecule has 1 aromatic carbocycles. The van der Waals surface area contributed by atoms with Crippen molar-refractivity contribution in [1.82, 2.24) is 15.3 Å². The molecular formula is C13H15Cl2N5O. The minimum Gasteiger partial charge on any atom is -0.387 e. The van der Waals surface area contributed by atoms with Gasteiger partial charge < -0.3 is 21.9 Å². The summed E-state index contributed by atoms with van der Waals surface area (Å²) in [6.45, 7) is 0.651. The number of nitrogens with zero attached hydrogens (tertiary/aromatic N) is 2. The Morgan fingerprint density at radius 3 is 2.52 bits per heavy atom. The van der Waals surface area contributed by atoms with Crippen LogP contribution in [0.4, 0.5) is 11.8 Å². The molecule has 1 unspecified atom stereocenters. The first kappa shape index (κ1) is 15.8. The zero-order chi connectivity index (χ0) is 15.4. The van der Waals surface area contributed by atoms with Crippen molar-refractivity contribution in [3.63, 3.8) is 0 Å². The number of anilines is 2. The van der Waals surface area contributed by atoms with Gasteiger partial charge in [-0.05, 0) is 12.1 Å². The fourth-order valence-corrected chi connectivity index (χ4v) is 2.49. The normalized spacial score (nSPS) is 12.3. The topological polar surface area (TPSA) is 110 Å². The Morgan fingerprint density at radius 2 is 1.90 bits per heavy atom. The number of benzene rings is 1. The predicted molar refractivity (Wildman–Crippen MR) is 84.0 cm³/mol. The van der Waals surface area contributed by atoms with E-state index in [-0.39, 0.29) is 12.5 Å². The van der Waals surface area contributed by atoms with E-state index >= 15 is 0 Å². The third-order valence-electron chi connectivity index (χ3n) is 2.90. The number of hydrogen-bond donors (Lipinski definition) is 4. The van der Waals surface area contributed by atoms with E-state index in [4.69, 9.17) is 34.7 Å². The highest BCUT2D eigenvalue weighted by Crippen LogP contribution is 2.29. The third-order valence-corrected chi connectivity index (χ3v) is 3.56. The van der Waals surface area contributed by atoms with Gasteiger partial charge in [0, 0.05) is 40.5 Å². The summed E-state index contributed by atoms with van der Waals surface area (Å²) in [5.74, 6) is 0.430. The van der Waals surface area contributed by atoms with E-state index < -0.39 is 6.10 Å². The van der Waals surface area contributed by atoms with Crippen LogP contribution in [0.15, 0.2) is 24.4 Å². The first-order valence-electron chi connectivity index (χ1n) is 6.18. The summed E-state index contributed by atoms with van der Waals surface area (Å²) in [5.41, 5.74) is 12.3. The molecule has 2 rings (SSSR count). The summed E-state index contributed by atoms with van der Waals surface area (Å²) in [5, 5.41) is 14.1. The molecular weight excluding hydrogens is 313 g/mol. The van der Waals surface area contributed by atoms with Gasteiger partial charge in [-0.15, -0.1) is 0 Å². The highest BCUT2D eigenvalue weighted by atomic mass is 35.5. The van der Waals surface area contributed by atoms with Gasteiger partial charge in [0.15, 0.2) is 0 Å². The minimum absolute atomic E-state index is 0.124. The molecule has 0 fully saturated rings. The number of nitrogens with one attached hydrogen (secondary N) is 1. The monoisotopic (exact) mass is 327 g/mol. The Balaban J connectivity index is 1.97. The second kappa shape index (κ2) is 6.91. The van der Waals surface area contributed by atoms with Gasteiger partial charge in [-0.25, -0.2) is 4.98 Å². The number of halogens is 2. The molecule has 6 nitrogen and oxygen atoms in total. The Labute approximate surface area is 132 Å².